The Hall–Kier alpha value is -5.22. The van der Waals surface area contributed by atoms with E-state index in [1.807, 2.05) is 79.5 Å². The van der Waals surface area contributed by atoms with Gasteiger partial charge in [-0.2, -0.15) is 0 Å². The van der Waals surface area contributed by atoms with Crippen LogP contribution < -0.4 is 15.0 Å². The van der Waals surface area contributed by atoms with Gasteiger partial charge in [0, 0.05) is 80.6 Å². The van der Waals surface area contributed by atoms with Gasteiger partial charge >= 0.3 is 0 Å². The van der Waals surface area contributed by atoms with Crippen molar-refractivity contribution >= 4 is 17.5 Å². The molecule has 1 saturated heterocycles. The average molecular weight is 766 g/mol. The molecule has 0 bridgehead atoms. The summed E-state index contributed by atoms with van der Waals surface area (Å²) >= 11 is 0. The minimum atomic E-state index is -0.0472. The zero-order chi connectivity index (χ0) is 39.3. The number of rotatable bonds is 12. The molecule has 4 aromatic carbocycles. The fraction of sp³-hybridized carbons (Fsp3) is 0.375. The van der Waals surface area contributed by atoms with Crippen molar-refractivity contribution in [2.75, 3.05) is 50.8 Å². The second-order valence-electron chi connectivity index (χ2n) is 15.7. The minimum absolute atomic E-state index is 0.0297. The van der Waals surface area contributed by atoms with Crippen molar-refractivity contribution in [2.24, 2.45) is 7.05 Å². The Morgan fingerprint density at radius 1 is 0.877 bits per heavy atom. The van der Waals surface area contributed by atoms with E-state index in [1.54, 1.807) is 0 Å². The van der Waals surface area contributed by atoms with Gasteiger partial charge in [-0.25, -0.2) is 0 Å². The van der Waals surface area contributed by atoms with Crippen LogP contribution in [0.3, 0.4) is 0 Å². The zero-order valence-corrected chi connectivity index (χ0v) is 33.6. The SMILES string of the molecule is CCCCN(C(=O)c1cc(-c2cc3c(cc2C(=O)N2Cc4ccccc4C[C@H]2CN2CCOCC2)CNCC3)n(C)c1C)c1ccc(OCc2ccccc2)cc1. The number of ether oxygens (including phenoxy) is 2. The monoisotopic (exact) mass is 765 g/mol. The van der Waals surface area contributed by atoms with Gasteiger partial charge in [0.05, 0.1) is 18.8 Å². The summed E-state index contributed by atoms with van der Waals surface area (Å²) in [4.78, 5) is 36.4. The molecule has 1 atom stereocenters. The fourth-order valence-corrected chi connectivity index (χ4v) is 8.59. The van der Waals surface area contributed by atoms with E-state index in [2.05, 4.69) is 63.0 Å². The number of hydrogen-bond acceptors (Lipinski definition) is 6. The molecule has 1 N–H and O–H groups in total. The Morgan fingerprint density at radius 3 is 2.40 bits per heavy atom. The summed E-state index contributed by atoms with van der Waals surface area (Å²) in [7, 11) is 2.02. The predicted octanol–water partition coefficient (Wildman–Crippen LogP) is 7.57. The molecule has 0 saturated carbocycles. The molecular weight excluding hydrogens is 711 g/mol. The highest BCUT2D eigenvalue weighted by atomic mass is 16.5. The van der Waals surface area contributed by atoms with Crippen LogP contribution in [0.2, 0.25) is 0 Å². The molecule has 3 aliphatic rings. The summed E-state index contributed by atoms with van der Waals surface area (Å²) in [6.07, 6.45) is 3.54. The van der Waals surface area contributed by atoms with Crippen molar-refractivity contribution in [3.63, 3.8) is 0 Å². The lowest BCUT2D eigenvalue weighted by molar-refractivity contribution is 0.0193. The number of fused-ring (bicyclic) bond motifs is 2. The van der Waals surface area contributed by atoms with E-state index in [0.717, 1.165) is 106 Å². The number of amides is 2. The second kappa shape index (κ2) is 17.5. The van der Waals surface area contributed by atoms with Crippen molar-refractivity contribution in [3.05, 3.63) is 142 Å². The largest absolute Gasteiger partial charge is 0.489 e. The van der Waals surface area contributed by atoms with Gasteiger partial charge in [-0.3, -0.25) is 14.5 Å². The maximum absolute atomic E-state index is 15.2. The van der Waals surface area contributed by atoms with E-state index < -0.39 is 0 Å². The first kappa shape index (κ1) is 38.6. The number of morpholine rings is 1. The topological polar surface area (TPSA) is 79.3 Å². The quantitative estimate of drug-likeness (QED) is 0.141. The Bertz CT molecular complexity index is 2190. The third kappa shape index (κ3) is 8.42. The number of nitrogens with one attached hydrogen (secondary N) is 1. The summed E-state index contributed by atoms with van der Waals surface area (Å²) in [6, 6.07) is 32.9. The number of hydrogen-bond donors (Lipinski definition) is 1. The first-order valence-electron chi connectivity index (χ1n) is 20.7. The standard InChI is InChI=1S/C48H55N5O4/c1-4-5-21-52(40-15-17-42(18-16-40)57-33-35-11-7-6-8-12-35)47(54)43-29-46(50(3)34(43)2)44-27-37-19-20-49-30-39(37)28-45(44)48(55)53-31-38-14-10-9-13-36(38)26-41(53)32-51-22-24-56-25-23-51/h6-18,27-29,41,49H,4-5,19-26,30-33H2,1-3H3/t41-/m0/s1. The van der Waals surface area contributed by atoms with Gasteiger partial charge in [-0.1, -0.05) is 67.9 Å². The van der Waals surface area contributed by atoms with Gasteiger partial charge in [-0.15, -0.1) is 0 Å². The number of anilines is 1. The third-order valence-corrected chi connectivity index (χ3v) is 12.1. The number of carbonyl (C=O) groups excluding carboxylic acids is 2. The third-order valence-electron chi connectivity index (χ3n) is 12.1. The minimum Gasteiger partial charge on any atom is -0.489 e. The molecule has 0 unspecified atom stereocenters. The van der Waals surface area contributed by atoms with Gasteiger partial charge in [0.25, 0.3) is 11.8 Å². The molecule has 4 heterocycles. The summed E-state index contributed by atoms with van der Waals surface area (Å²) in [6.45, 7) is 11.4. The zero-order valence-electron chi connectivity index (χ0n) is 33.6. The van der Waals surface area contributed by atoms with Gasteiger partial charge in [0.1, 0.15) is 12.4 Å². The molecule has 0 spiro atoms. The molecule has 1 fully saturated rings. The van der Waals surface area contributed by atoms with E-state index in [9.17, 15) is 4.79 Å². The summed E-state index contributed by atoms with van der Waals surface area (Å²) in [5.74, 6) is 0.749. The van der Waals surface area contributed by atoms with Crippen molar-refractivity contribution in [3.8, 4) is 17.0 Å². The molecule has 8 rings (SSSR count). The van der Waals surface area contributed by atoms with Gasteiger partial charge in [-0.05, 0) is 103 Å². The Kier molecular flexibility index (Phi) is 11.9. The molecule has 5 aromatic rings. The van der Waals surface area contributed by atoms with Crippen LogP contribution in [0.4, 0.5) is 5.69 Å². The molecule has 57 heavy (non-hydrogen) atoms. The van der Waals surface area contributed by atoms with Crippen LogP contribution in [0.25, 0.3) is 11.3 Å². The van der Waals surface area contributed by atoms with Crippen LogP contribution in [-0.2, 0) is 44.3 Å². The normalized spacial score (nSPS) is 16.8. The molecule has 1 aromatic heterocycles. The first-order valence-corrected chi connectivity index (χ1v) is 20.7. The molecule has 9 heteroatoms. The van der Waals surface area contributed by atoms with Crippen LogP contribution >= 0.6 is 0 Å². The van der Waals surface area contributed by atoms with Gasteiger partial charge in [0.2, 0.25) is 0 Å². The summed E-state index contributed by atoms with van der Waals surface area (Å²) in [5.41, 5.74) is 10.8. The van der Waals surface area contributed by atoms with Crippen molar-refractivity contribution in [1.82, 2.24) is 19.7 Å². The van der Waals surface area contributed by atoms with Crippen LogP contribution in [0, 0.1) is 6.92 Å². The summed E-state index contributed by atoms with van der Waals surface area (Å²) in [5, 5.41) is 3.52. The predicted molar refractivity (Wildman–Crippen MR) is 226 cm³/mol. The molecule has 0 aliphatic carbocycles. The molecule has 0 radical (unpaired) electrons. The molecule has 9 nitrogen and oxygen atoms in total. The number of nitrogens with zero attached hydrogens (tertiary/aromatic N) is 4. The number of unbranched alkanes of at least 4 members (excludes halogenated alkanes) is 1. The molecule has 3 aliphatic heterocycles. The highest BCUT2D eigenvalue weighted by Crippen LogP contribution is 2.35. The van der Waals surface area contributed by atoms with E-state index >= 15 is 4.79 Å². The van der Waals surface area contributed by atoms with Crippen LogP contribution in [-0.4, -0.2) is 78.2 Å². The van der Waals surface area contributed by atoms with Crippen LogP contribution in [0.15, 0.2) is 97.1 Å². The smallest absolute Gasteiger partial charge is 0.260 e. The van der Waals surface area contributed by atoms with Crippen molar-refractivity contribution < 1.29 is 19.1 Å². The van der Waals surface area contributed by atoms with Gasteiger partial charge < -0.3 is 29.2 Å². The van der Waals surface area contributed by atoms with Gasteiger partial charge in [0.15, 0.2) is 0 Å². The van der Waals surface area contributed by atoms with E-state index in [-0.39, 0.29) is 17.9 Å². The van der Waals surface area contributed by atoms with Crippen molar-refractivity contribution in [2.45, 2.75) is 65.3 Å². The Labute approximate surface area is 337 Å². The number of carbonyl (C=O) groups is 2. The highest BCUT2D eigenvalue weighted by Gasteiger charge is 2.34. The van der Waals surface area contributed by atoms with E-state index in [1.165, 1.54) is 22.3 Å². The van der Waals surface area contributed by atoms with E-state index in [0.29, 0.717) is 30.8 Å². The van der Waals surface area contributed by atoms with Crippen molar-refractivity contribution in [1.29, 1.82) is 0 Å². The fourth-order valence-electron chi connectivity index (χ4n) is 8.59. The maximum atomic E-state index is 15.2. The Morgan fingerprint density at radius 2 is 1.63 bits per heavy atom. The Balaban J connectivity index is 1.12. The van der Waals surface area contributed by atoms with Crippen LogP contribution in [0.1, 0.15) is 74.0 Å². The average Bonchev–Trinajstić information content (AvgIpc) is 3.55. The lowest BCUT2D eigenvalue weighted by Crippen LogP contribution is -2.52. The second-order valence-corrected chi connectivity index (χ2v) is 15.7. The maximum Gasteiger partial charge on any atom is 0.260 e. The molecule has 296 valence electrons. The van der Waals surface area contributed by atoms with E-state index in [4.69, 9.17) is 9.47 Å². The van der Waals surface area contributed by atoms with Crippen LogP contribution in [0.5, 0.6) is 5.75 Å². The number of benzene rings is 4. The summed E-state index contributed by atoms with van der Waals surface area (Å²) < 4.78 is 13.8. The lowest BCUT2D eigenvalue weighted by Gasteiger charge is -2.41. The number of aromatic nitrogens is 1. The highest BCUT2D eigenvalue weighted by molar-refractivity contribution is 6.08. The molecular formula is C48H55N5O4. The lowest BCUT2D eigenvalue weighted by atomic mass is 9.89. The first-order chi connectivity index (χ1) is 27.9. The molecule has 2 amide bonds.